The number of hydrogen-bond acceptors (Lipinski definition) is 5. The molecular formula is C13H18N4O5. The van der Waals surface area contributed by atoms with Crippen LogP contribution in [-0.4, -0.2) is 38.2 Å². The molecule has 1 amide bonds. The highest BCUT2D eigenvalue weighted by Gasteiger charge is 2.39. The summed E-state index contributed by atoms with van der Waals surface area (Å²) in [6.45, 7) is -0.103. The van der Waals surface area contributed by atoms with Gasteiger partial charge in [-0.05, 0) is 12.8 Å². The molecule has 120 valence electrons. The van der Waals surface area contributed by atoms with Crippen LogP contribution in [0.3, 0.4) is 0 Å². The molecule has 0 aliphatic heterocycles. The first kappa shape index (κ1) is 15.9. The van der Waals surface area contributed by atoms with E-state index in [1.807, 2.05) is 0 Å². The zero-order chi connectivity index (χ0) is 16.2. The van der Waals surface area contributed by atoms with Gasteiger partial charge in [0.25, 0.3) is 0 Å². The molecule has 1 heterocycles. The lowest BCUT2D eigenvalue weighted by atomic mass is 9.74. The number of hydrogen-bond donors (Lipinski definition) is 2. The molecule has 0 saturated heterocycles. The van der Waals surface area contributed by atoms with Crippen LogP contribution in [0.1, 0.15) is 32.1 Å². The highest BCUT2D eigenvalue weighted by atomic mass is 16.6. The minimum atomic E-state index is -0.899. The van der Waals surface area contributed by atoms with Crippen LogP contribution in [0.5, 0.6) is 0 Å². The van der Waals surface area contributed by atoms with Gasteiger partial charge in [0.15, 0.2) is 0 Å². The van der Waals surface area contributed by atoms with E-state index in [-0.39, 0.29) is 18.8 Å². The molecule has 0 atom stereocenters. The summed E-state index contributed by atoms with van der Waals surface area (Å²) >= 11 is 0. The highest BCUT2D eigenvalue weighted by Crippen LogP contribution is 2.35. The van der Waals surface area contributed by atoms with E-state index >= 15 is 0 Å². The second-order valence-corrected chi connectivity index (χ2v) is 5.58. The van der Waals surface area contributed by atoms with E-state index in [0.717, 1.165) is 36.3 Å². The molecule has 0 spiro atoms. The van der Waals surface area contributed by atoms with Crippen molar-refractivity contribution in [2.45, 2.75) is 38.6 Å². The van der Waals surface area contributed by atoms with Crippen LogP contribution >= 0.6 is 0 Å². The van der Waals surface area contributed by atoms with Crippen molar-refractivity contribution in [2.75, 3.05) is 6.54 Å². The Bertz CT molecular complexity index is 577. The zero-order valence-electron chi connectivity index (χ0n) is 12.0. The van der Waals surface area contributed by atoms with Crippen molar-refractivity contribution in [3.05, 3.63) is 22.5 Å². The number of amides is 1. The average Bonchev–Trinajstić information content (AvgIpc) is 2.95. The van der Waals surface area contributed by atoms with Gasteiger partial charge in [-0.3, -0.25) is 24.4 Å². The number of nitrogens with zero attached hydrogens (tertiary/aromatic N) is 3. The molecule has 1 fully saturated rings. The Kier molecular flexibility index (Phi) is 4.74. The molecule has 1 aliphatic rings. The molecule has 1 aromatic rings. The Balaban J connectivity index is 1.90. The van der Waals surface area contributed by atoms with Crippen molar-refractivity contribution in [3.63, 3.8) is 0 Å². The molecular weight excluding hydrogens is 292 g/mol. The van der Waals surface area contributed by atoms with Crippen LogP contribution in [0, 0.1) is 15.5 Å². The van der Waals surface area contributed by atoms with E-state index in [2.05, 4.69) is 10.4 Å². The Hall–Kier alpha value is -2.45. The molecule has 0 unspecified atom stereocenters. The third kappa shape index (κ3) is 3.60. The normalized spacial score (nSPS) is 16.9. The van der Waals surface area contributed by atoms with Gasteiger partial charge in [0.2, 0.25) is 5.91 Å². The molecule has 9 heteroatoms. The maximum absolute atomic E-state index is 11.9. The lowest BCUT2D eigenvalue weighted by Crippen LogP contribution is -2.45. The Morgan fingerprint density at radius 3 is 2.64 bits per heavy atom. The monoisotopic (exact) mass is 310 g/mol. The number of rotatable bonds is 6. The number of carboxylic acids is 1. The molecule has 1 aromatic heterocycles. The summed E-state index contributed by atoms with van der Waals surface area (Å²) in [7, 11) is 0. The van der Waals surface area contributed by atoms with Gasteiger partial charge >= 0.3 is 11.7 Å². The SMILES string of the molecule is O=C(Cn1cc([N+](=O)[O-])cn1)NCC1(C(=O)O)CCCCC1. The van der Waals surface area contributed by atoms with Crippen LogP contribution in [-0.2, 0) is 16.1 Å². The van der Waals surface area contributed by atoms with E-state index in [1.54, 1.807) is 0 Å². The van der Waals surface area contributed by atoms with Gasteiger partial charge < -0.3 is 10.4 Å². The molecule has 0 bridgehead atoms. The van der Waals surface area contributed by atoms with Gasteiger partial charge in [-0.25, -0.2) is 0 Å². The lowest BCUT2D eigenvalue weighted by Gasteiger charge is -2.33. The summed E-state index contributed by atoms with van der Waals surface area (Å²) in [6, 6.07) is 0. The van der Waals surface area contributed by atoms with Gasteiger partial charge in [-0.15, -0.1) is 0 Å². The van der Waals surface area contributed by atoms with Crippen LogP contribution in [0.15, 0.2) is 12.4 Å². The third-order valence-electron chi connectivity index (χ3n) is 4.02. The second-order valence-electron chi connectivity index (χ2n) is 5.58. The summed E-state index contributed by atoms with van der Waals surface area (Å²) in [5.74, 6) is -1.30. The minimum Gasteiger partial charge on any atom is -0.481 e. The Morgan fingerprint density at radius 2 is 2.09 bits per heavy atom. The lowest BCUT2D eigenvalue weighted by molar-refractivity contribution is -0.385. The fourth-order valence-corrected chi connectivity index (χ4v) is 2.70. The number of nitrogens with one attached hydrogen (secondary N) is 1. The minimum absolute atomic E-state index is 0.0739. The van der Waals surface area contributed by atoms with Gasteiger partial charge in [-0.1, -0.05) is 19.3 Å². The number of carboxylic acid groups (broad SMARTS) is 1. The third-order valence-corrected chi connectivity index (χ3v) is 4.02. The highest BCUT2D eigenvalue weighted by molar-refractivity contribution is 5.79. The molecule has 22 heavy (non-hydrogen) atoms. The predicted molar refractivity (Wildman–Crippen MR) is 75.0 cm³/mol. The predicted octanol–water partition coefficient (Wildman–Crippen LogP) is 0.943. The molecule has 0 radical (unpaired) electrons. The summed E-state index contributed by atoms with van der Waals surface area (Å²) in [4.78, 5) is 33.3. The Morgan fingerprint density at radius 1 is 1.41 bits per heavy atom. The molecule has 2 N–H and O–H groups in total. The van der Waals surface area contributed by atoms with Crippen molar-refractivity contribution >= 4 is 17.6 Å². The van der Waals surface area contributed by atoms with Crippen LogP contribution in [0.25, 0.3) is 0 Å². The number of aromatic nitrogens is 2. The van der Waals surface area contributed by atoms with E-state index < -0.39 is 22.2 Å². The summed E-state index contributed by atoms with van der Waals surface area (Å²) in [5, 5.41) is 26.3. The van der Waals surface area contributed by atoms with E-state index in [4.69, 9.17) is 0 Å². The standard InChI is InChI=1S/C13H18N4O5/c18-11(8-16-7-10(6-15-16)17(21)22)14-9-13(12(19)20)4-2-1-3-5-13/h6-7H,1-5,8-9H2,(H,14,18)(H,19,20). The van der Waals surface area contributed by atoms with Crippen molar-refractivity contribution in [2.24, 2.45) is 5.41 Å². The molecule has 9 nitrogen and oxygen atoms in total. The van der Waals surface area contributed by atoms with Gasteiger partial charge in [0, 0.05) is 6.54 Å². The largest absolute Gasteiger partial charge is 0.481 e. The maximum Gasteiger partial charge on any atom is 0.311 e. The summed E-state index contributed by atoms with van der Waals surface area (Å²) in [5.41, 5.74) is -1.09. The maximum atomic E-state index is 11.9. The van der Waals surface area contributed by atoms with Gasteiger partial charge in [-0.2, -0.15) is 5.10 Å². The first-order valence-corrected chi connectivity index (χ1v) is 7.10. The van der Waals surface area contributed by atoms with Crippen molar-refractivity contribution in [1.82, 2.24) is 15.1 Å². The molecule has 1 aliphatic carbocycles. The zero-order valence-corrected chi connectivity index (χ0v) is 12.0. The smallest absolute Gasteiger partial charge is 0.311 e. The van der Waals surface area contributed by atoms with Gasteiger partial charge in [0.05, 0.1) is 10.3 Å². The molecule has 0 aromatic carbocycles. The number of nitro groups is 1. The van der Waals surface area contributed by atoms with Crippen molar-refractivity contribution < 1.29 is 19.6 Å². The quantitative estimate of drug-likeness (QED) is 0.594. The fourth-order valence-electron chi connectivity index (χ4n) is 2.70. The first-order valence-electron chi connectivity index (χ1n) is 7.10. The fraction of sp³-hybridized carbons (Fsp3) is 0.615. The molecule has 1 saturated carbocycles. The number of carbonyl (C=O) groups is 2. The number of carbonyl (C=O) groups excluding carboxylic acids is 1. The topological polar surface area (TPSA) is 127 Å². The van der Waals surface area contributed by atoms with Crippen molar-refractivity contribution in [1.29, 1.82) is 0 Å². The summed E-state index contributed by atoms with van der Waals surface area (Å²) in [6.07, 6.45) is 6.02. The second kappa shape index (κ2) is 6.54. The summed E-state index contributed by atoms with van der Waals surface area (Å²) < 4.78 is 1.15. The van der Waals surface area contributed by atoms with E-state index in [9.17, 15) is 24.8 Å². The average molecular weight is 310 g/mol. The van der Waals surface area contributed by atoms with Crippen molar-refractivity contribution in [3.8, 4) is 0 Å². The van der Waals surface area contributed by atoms with Crippen LogP contribution < -0.4 is 5.32 Å². The van der Waals surface area contributed by atoms with E-state index in [1.165, 1.54) is 0 Å². The van der Waals surface area contributed by atoms with Crippen LogP contribution in [0.2, 0.25) is 0 Å². The Labute approximate surface area is 126 Å². The first-order chi connectivity index (χ1) is 10.4. The van der Waals surface area contributed by atoms with Crippen LogP contribution in [0.4, 0.5) is 5.69 Å². The molecule has 2 rings (SSSR count). The number of aliphatic carboxylic acids is 1. The van der Waals surface area contributed by atoms with Gasteiger partial charge in [0.1, 0.15) is 18.9 Å². The van der Waals surface area contributed by atoms with E-state index in [0.29, 0.717) is 12.8 Å².